The number of hydrogen-bond acceptors (Lipinski definition) is 4. The average Bonchev–Trinajstić information content (AvgIpc) is 3.00. The van der Waals surface area contributed by atoms with Gasteiger partial charge in [-0.15, -0.1) is 11.3 Å². The Balaban J connectivity index is 2.26. The van der Waals surface area contributed by atoms with Crippen molar-refractivity contribution >= 4 is 22.1 Å². The molecule has 0 spiro atoms. The van der Waals surface area contributed by atoms with Gasteiger partial charge in [0.25, 0.3) is 0 Å². The highest BCUT2D eigenvalue weighted by Crippen LogP contribution is 2.26. The maximum absolute atomic E-state index is 4.82. The lowest BCUT2D eigenvalue weighted by Gasteiger charge is -2.25. The van der Waals surface area contributed by atoms with Crippen LogP contribution in [0.3, 0.4) is 0 Å². The normalized spacial score (nSPS) is 13.0. The molecule has 0 bridgehead atoms. The summed E-state index contributed by atoms with van der Waals surface area (Å²) in [6, 6.07) is 0.523. The number of thiazole rings is 1. The summed E-state index contributed by atoms with van der Waals surface area (Å²) in [7, 11) is 2.16. The monoisotopic (exact) mass is 294 g/mol. The predicted molar refractivity (Wildman–Crippen MR) is 87.8 cm³/mol. The van der Waals surface area contributed by atoms with Gasteiger partial charge in [0.2, 0.25) is 0 Å². The van der Waals surface area contributed by atoms with Crippen molar-refractivity contribution in [3.63, 3.8) is 0 Å². The van der Waals surface area contributed by atoms with Crippen LogP contribution in [0.15, 0.2) is 11.6 Å². The Bertz CT molecular complexity index is 531. The van der Waals surface area contributed by atoms with Crippen LogP contribution in [0.4, 0.5) is 5.82 Å². The Labute approximate surface area is 125 Å². The van der Waals surface area contributed by atoms with Crippen molar-refractivity contribution in [2.75, 3.05) is 18.5 Å². The zero-order valence-electron chi connectivity index (χ0n) is 13.0. The fourth-order valence-corrected chi connectivity index (χ4v) is 3.20. The number of nitrogens with zero attached hydrogens (tertiary/aromatic N) is 3. The van der Waals surface area contributed by atoms with Crippen molar-refractivity contribution in [1.82, 2.24) is 14.7 Å². The first-order valence-corrected chi connectivity index (χ1v) is 8.44. The Morgan fingerprint density at radius 2 is 2.20 bits per heavy atom. The number of fused-ring (bicyclic) bond motifs is 1. The van der Waals surface area contributed by atoms with E-state index < -0.39 is 0 Å². The maximum atomic E-state index is 4.82. The molecule has 5 heteroatoms. The third-order valence-electron chi connectivity index (χ3n) is 3.76. The highest BCUT2D eigenvalue weighted by Gasteiger charge is 2.19. The highest BCUT2D eigenvalue weighted by molar-refractivity contribution is 7.15. The topological polar surface area (TPSA) is 32.6 Å². The number of nitrogens with one attached hydrogen (secondary N) is 1. The standard InChI is InChI=1S/C15H26N4S/c1-5-7-12(3)18(4)14-13(11-16-8-6-2)19-9-10-20-15(19)17-14/h9-10,12,16H,5-8,11H2,1-4H3. The molecule has 0 saturated carbocycles. The first-order valence-electron chi connectivity index (χ1n) is 7.57. The van der Waals surface area contributed by atoms with Gasteiger partial charge in [-0.25, -0.2) is 4.98 Å². The van der Waals surface area contributed by atoms with Crippen LogP contribution < -0.4 is 10.2 Å². The molecule has 0 amide bonds. The van der Waals surface area contributed by atoms with Crippen LogP contribution in [0.1, 0.15) is 45.7 Å². The molecule has 1 unspecified atom stereocenters. The summed E-state index contributed by atoms with van der Waals surface area (Å²) in [4.78, 5) is 8.23. The molecule has 2 rings (SSSR count). The maximum Gasteiger partial charge on any atom is 0.195 e. The third kappa shape index (κ3) is 3.15. The van der Waals surface area contributed by atoms with Gasteiger partial charge in [-0.05, 0) is 26.3 Å². The molecule has 2 heterocycles. The lowest BCUT2D eigenvalue weighted by Crippen LogP contribution is -2.30. The number of hydrogen-bond donors (Lipinski definition) is 1. The Morgan fingerprint density at radius 1 is 1.40 bits per heavy atom. The third-order valence-corrected chi connectivity index (χ3v) is 4.52. The molecule has 1 N–H and O–H groups in total. The minimum Gasteiger partial charge on any atom is -0.355 e. The van der Waals surface area contributed by atoms with Gasteiger partial charge in [0.05, 0.1) is 5.69 Å². The summed E-state index contributed by atoms with van der Waals surface area (Å²) >= 11 is 1.70. The van der Waals surface area contributed by atoms with Crippen LogP contribution in [0.2, 0.25) is 0 Å². The largest absolute Gasteiger partial charge is 0.355 e. The molecule has 0 radical (unpaired) electrons. The van der Waals surface area contributed by atoms with Gasteiger partial charge in [0.1, 0.15) is 0 Å². The predicted octanol–water partition coefficient (Wildman–Crippen LogP) is 3.52. The molecular formula is C15H26N4S. The van der Waals surface area contributed by atoms with Crippen LogP contribution in [0.5, 0.6) is 0 Å². The van der Waals surface area contributed by atoms with E-state index in [1.165, 1.54) is 18.5 Å². The Morgan fingerprint density at radius 3 is 2.90 bits per heavy atom. The summed E-state index contributed by atoms with van der Waals surface area (Å²) in [5.74, 6) is 1.13. The van der Waals surface area contributed by atoms with Gasteiger partial charge in [-0.1, -0.05) is 20.3 Å². The quantitative estimate of drug-likeness (QED) is 0.756. The smallest absolute Gasteiger partial charge is 0.195 e. The number of rotatable bonds is 8. The first-order chi connectivity index (χ1) is 9.69. The van der Waals surface area contributed by atoms with E-state index in [9.17, 15) is 0 Å². The lowest BCUT2D eigenvalue weighted by atomic mass is 10.1. The summed E-state index contributed by atoms with van der Waals surface area (Å²) in [5.41, 5.74) is 1.28. The van der Waals surface area contributed by atoms with Crippen molar-refractivity contribution in [1.29, 1.82) is 0 Å². The summed E-state index contributed by atoms with van der Waals surface area (Å²) in [6.07, 6.45) is 5.68. The molecule has 20 heavy (non-hydrogen) atoms. The van der Waals surface area contributed by atoms with Crippen LogP contribution in [0.25, 0.3) is 4.96 Å². The highest BCUT2D eigenvalue weighted by atomic mass is 32.1. The van der Waals surface area contributed by atoms with Gasteiger partial charge in [0, 0.05) is 31.2 Å². The Kier molecular flexibility index (Phi) is 5.43. The molecule has 1 atom stereocenters. The summed E-state index contributed by atoms with van der Waals surface area (Å²) in [6.45, 7) is 8.63. The van der Waals surface area contributed by atoms with Crippen LogP contribution in [0, 0.1) is 0 Å². The second kappa shape index (κ2) is 7.09. The van der Waals surface area contributed by atoms with Crippen molar-refractivity contribution in [3.05, 3.63) is 17.3 Å². The van der Waals surface area contributed by atoms with Crippen molar-refractivity contribution in [3.8, 4) is 0 Å². The van der Waals surface area contributed by atoms with Crippen molar-refractivity contribution < 1.29 is 0 Å². The minimum absolute atomic E-state index is 0.523. The number of anilines is 1. The van der Waals surface area contributed by atoms with Crippen LogP contribution in [-0.4, -0.2) is 29.0 Å². The van der Waals surface area contributed by atoms with Crippen LogP contribution in [-0.2, 0) is 6.54 Å². The van der Waals surface area contributed by atoms with E-state index >= 15 is 0 Å². The van der Waals surface area contributed by atoms with E-state index in [-0.39, 0.29) is 0 Å². The fraction of sp³-hybridized carbons (Fsp3) is 0.667. The molecule has 0 aromatic carbocycles. The zero-order valence-corrected chi connectivity index (χ0v) is 13.8. The van der Waals surface area contributed by atoms with Gasteiger partial charge >= 0.3 is 0 Å². The van der Waals surface area contributed by atoms with E-state index in [4.69, 9.17) is 4.98 Å². The Hall–Kier alpha value is -1.07. The van der Waals surface area contributed by atoms with Gasteiger partial charge < -0.3 is 10.2 Å². The van der Waals surface area contributed by atoms with E-state index in [0.717, 1.165) is 30.3 Å². The molecule has 0 saturated heterocycles. The zero-order chi connectivity index (χ0) is 14.5. The van der Waals surface area contributed by atoms with Gasteiger partial charge in [0.15, 0.2) is 10.8 Å². The summed E-state index contributed by atoms with van der Waals surface area (Å²) in [5, 5.41) is 5.60. The molecule has 0 aliphatic carbocycles. The average molecular weight is 294 g/mol. The number of imidazole rings is 1. The molecule has 2 aromatic heterocycles. The fourth-order valence-electron chi connectivity index (χ4n) is 2.47. The van der Waals surface area contributed by atoms with E-state index in [1.807, 2.05) is 0 Å². The molecular weight excluding hydrogens is 268 g/mol. The molecule has 112 valence electrons. The van der Waals surface area contributed by atoms with Crippen LogP contribution >= 0.6 is 11.3 Å². The first kappa shape index (κ1) is 15.3. The van der Waals surface area contributed by atoms with Crippen molar-refractivity contribution in [2.45, 2.75) is 52.6 Å². The molecule has 2 aromatic rings. The molecule has 0 aliphatic rings. The second-order valence-electron chi connectivity index (χ2n) is 5.36. The molecule has 4 nitrogen and oxygen atoms in total. The van der Waals surface area contributed by atoms with E-state index in [0.29, 0.717) is 6.04 Å². The lowest BCUT2D eigenvalue weighted by molar-refractivity contribution is 0.604. The van der Waals surface area contributed by atoms with Gasteiger partial charge in [-0.2, -0.15) is 0 Å². The molecule has 0 fully saturated rings. The van der Waals surface area contributed by atoms with E-state index in [1.54, 1.807) is 11.3 Å². The second-order valence-corrected chi connectivity index (χ2v) is 6.24. The van der Waals surface area contributed by atoms with E-state index in [2.05, 4.69) is 54.0 Å². The van der Waals surface area contributed by atoms with Crippen molar-refractivity contribution in [2.24, 2.45) is 0 Å². The summed E-state index contributed by atoms with van der Waals surface area (Å²) < 4.78 is 2.22. The SMILES string of the molecule is CCCNCc1c(N(C)C(C)CCC)nc2sccn12. The minimum atomic E-state index is 0.523. The number of aromatic nitrogens is 2. The molecule has 0 aliphatic heterocycles. The van der Waals surface area contributed by atoms with Gasteiger partial charge in [-0.3, -0.25) is 4.40 Å².